The number of halogens is 3. The van der Waals surface area contributed by atoms with Gasteiger partial charge in [0.2, 0.25) is 0 Å². The highest BCUT2D eigenvalue weighted by atomic mass is 19.4. The molecule has 28 heavy (non-hydrogen) atoms. The number of aromatic nitrogens is 1. The maximum absolute atomic E-state index is 12.8. The average Bonchev–Trinajstić information content (AvgIpc) is 2.63. The summed E-state index contributed by atoms with van der Waals surface area (Å²) in [6.07, 6.45) is -3.31. The molecular formula is C21H26F3N3O. The van der Waals surface area contributed by atoms with Crippen molar-refractivity contribution >= 4 is 0 Å². The lowest BCUT2D eigenvalue weighted by Crippen LogP contribution is -2.42. The van der Waals surface area contributed by atoms with Crippen LogP contribution in [0.1, 0.15) is 37.6 Å². The molecule has 1 aromatic heterocycles. The smallest absolute Gasteiger partial charge is 0.433 e. The first-order valence-corrected chi connectivity index (χ1v) is 9.39. The van der Waals surface area contributed by atoms with Crippen molar-refractivity contribution in [3.8, 4) is 16.9 Å². The number of phenolic OH excluding ortho intramolecular Hbond substituents is 1. The van der Waals surface area contributed by atoms with Gasteiger partial charge in [0.15, 0.2) is 0 Å². The molecule has 1 fully saturated rings. The minimum absolute atomic E-state index is 0.105. The van der Waals surface area contributed by atoms with E-state index in [4.69, 9.17) is 0 Å². The van der Waals surface area contributed by atoms with E-state index in [2.05, 4.69) is 36.0 Å². The number of aromatic hydroxyl groups is 1. The van der Waals surface area contributed by atoms with E-state index in [1.54, 1.807) is 0 Å². The highest BCUT2D eigenvalue weighted by Gasteiger charge is 2.32. The van der Waals surface area contributed by atoms with Gasteiger partial charge in [-0.3, -0.25) is 9.88 Å². The van der Waals surface area contributed by atoms with E-state index in [1.807, 2.05) is 12.1 Å². The summed E-state index contributed by atoms with van der Waals surface area (Å²) in [5, 5.41) is 14.2. The largest absolute Gasteiger partial charge is 0.507 e. The van der Waals surface area contributed by atoms with Gasteiger partial charge in [-0.1, -0.05) is 32.9 Å². The highest BCUT2D eigenvalue weighted by molar-refractivity contribution is 5.72. The van der Waals surface area contributed by atoms with Gasteiger partial charge in [0.25, 0.3) is 0 Å². The molecule has 2 aromatic rings. The summed E-state index contributed by atoms with van der Waals surface area (Å²) in [4.78, 5) is 5.81. The Balaban J connectivity index is 2.02. The molecule has 0 radical (unpaired) electrons. The molecule has 0 unspecified atom stereocenters. The molecule has 0 bridgehead atoms. The number of nitrogens with zero attached hydrogens (tertiary/aromatic N) is 2. The second-order valence-electron chi connectivity index (χ2n) is 8.24. The number of nitrogens with one attached hydrogen (secondary N) is 1. The average molecular weight is 393 g/mol. The predicted octanol–water partition coefficient (Wildman–Crippen LogP) is 4.18. The third-order valence-electron chi connectivity index (χ3n) is 5.02. The predicted molar refractivity (Wildman–Crippen MR) is 103 cm³/mol. The Morgan fingerprint density at radius 2 is 1.79 bits per heavy atom. The number of benzene rings is 1. The van der Waals surface area contributed by atoms with E-state index < -0.39 is 11.9 Å². The van der Waals surface area contributed by atoms with Crippen molar-refractivity contribution in [2.75, 3.05) is 26.2 Å². The van der Waals surface area contributed by atoms with E-state index >= 15 is 0 Å². The lowest BCUT2D eigenvalue weighted by Gasteiger charge is -2.29. The molecule has 2 N–H and O–H groups in total. The van der Waals surface area contributed by atoms with Crippen molar-refractivity contribution < 1.29 is 18.3 Å². The summed E-state index contributed by atoms with van der Waals surface area (Å²) < 4.78 is 38.5. The zero-order valence-electron chi connectivity index (χ0n) is 16.4. The zero-order chi connectivity index (χ0) is 20.5. The number of phenols is 1. The van der Waals surface area contributed by atoms with Gasteiger partial charge in [-0.15, -0.1) is 0 Å². The monoisotopic (exact) mass is 393 g/mol. The molecule has 3 rings (SSSR count). The first-order chi connectivity index (χ1) is 13.1. The molecule has 7 heteroatoms. The van der Waals surface area contributed by atoms with Crippen LogP contribution in [-0.4, -0.2) is 41.2 Å². The number of alkyl halides is 3. The lowest BCUT2D eigenvalue weighted by atomic mass is 9.83. The number of hydrogen-bond acceptors (Lipinski definition) is 4. The van der Waals surface area contributed by atoms with Crippen LogP contribution in [0.25, 0.3) is 11.1 Å². The molecule has 1 aliphatic heterocycles. The van der Waals surface area contributed by atoms with Crippen molar-refractivity contribution in [1.29, 1.82) is 0 Å². The second kappa shape index (κ2) is 7.72. The van der Waals surface area contributed by atoms with E-state index in [0.29, 0.717) is 17.7 Å². The third-order valence-corrected chi connectivity index (χ3v) is 5.02. The van der Waals surface area contributed by atoms with Crippen molar-refractivity contribution in [3.05, 3.63) is 47.3 Å². The number of pyridine rings is 1. The molecule has 1 aromatic carbocycles. The Morgan fingerprint density at radius 3 is 2.32 bits per heavy atom. The Bertz CT molecular complexity index is 821. The highest BCUT2D eigenvalue weighted by Crippen LogP contribution is 2.38. The fourth-order valence-corrected chi connectivity index (χ4v) is 3.30. The van der Waals surface area contributed by atoms with Gasteiger partial charge in [-0.05, 0) is 23.1 Å². The Morgan fingerprint density at radius 1 is 1.11 bits per heavy atom. The fourth-order valence-electron chi connectivity index (χ4n) is 3.30. The van der Waals surface area contributed by atoms with Crippen LogP contribution >= 0.6 is 0 Å². The van der Waals surface area contributed by atoms with E-state index in [-0.39, 0.29) is 11.2 Å². The Labute approximate surface area is 163 Å². The minimum Gasteiger partial charge on any atom is -0.507 e. The maximum Gasteiger partial charge on any atom is 0.433 e. The van der Waals surface area contributed by atoms with Crippen LogP contribution in [0.2, 0.25) is 0 Å². The molecule has 1 aliphatic rings. The molecule has 4 nitrogen and oxygen atoms in total. The Kier molecular flexibility index (Phi) is 5.68. The van der Waals surface area contributed by atoms with Crippen molar-refractivity contribution in [2.24, 2.45) is 0 Å². The summed E-state index contributed by atoms with van der Waals surface area (Å²) in [5.41, 5.74) is 1.68. The summed E-state index contributed by atoms with van der Waals surface area (Å²) in [6, 6.07) is 6.17. The summed E-state index contributed by atoms with van der Waals surface area (Å²) >= 11 is 0. The van der Waals surface area contributed by atoms with E-state index in [9.17, 15) is 18.3 Å². The molecule has 152 valence electrons. The molecule has 0 atom stereocenters. The van der Waals surface area contributed by atoms with Crippen LogP contribution in [0.5, 0.6) is 5.75 Å². The van der Waals surface area contributed by atoms with Gasteiger partial charge >= 0.3 is 6.18 Å². The normalized spacial score (nSPS) is 16.4. The molecule has 1 saturated heterocycles. The maximum atomic E-state index is 12.8. The summed E-state index contributed by atoms with van der Waals surface area (Å²) in [7, 11) is 0. The second-order valence-corrected chi connectivity index (χ2v) is 8.24. The number of hydrogen-bond donors (Lipinski definition) is 2. The quantitative estimate of drug-likeness (QED) is 0.822. The van der Waals surface area contributed by atoms with Crippen LogP contribution < -0.4 is 5.32 Å². The topological polar surface area (TPSA) is 48.4 Å². The fraction of sp³-hybridized carbons (Fsp3) is 0.476. The first-order valence-electron chi connectivity index (χ1n) is 9.39. The van der Waals surface area contributed by atoms with Crippen molar-refractivity contribution in [2.45, 2.75) is 38.9 Å². The number of rotatable bonds is 3. The Hall–Kier alpha value is -2.12. The lowest BCUT2D eigenvalue weighted by molar-refractivity contribution is -0.141. The molecule has 0 aliphatic carbocycles. The van der Waals surface area contributed by atoms with Crippen LogP contribution in [0.15, 0.2) is 30.5 Å². The van der Waals surface area contributed by atoms with Crippen molar-refractivity contribution in [3.63, 3.8) is 0 Å². The SMILES string of the molecule is CC(C)(C)c1cc(CN2CCNCC2)c(O)c(-c2ccc(C(F)(F)F)nc2)c1. The van der Waals surface area contributed by atoms with Gasteiger partial charge in [0.05, 0.1) is 0 Å². The molecule has 0 amide bonds. The van der Waals surface area contributed by atoms with Gasteiger partial charge < -0.3 is 10.4 Å². The first kappa shape index (κ1) is 20.6. The van der Waals surface area contributed by atoms with Gasteiger partial charge in [0.1, 0.15) is 11.4 Å². The molecule has 0 spiro atoms. The van der Waals surface area contributed by atoms with Crippen LogP contribution in [0.3, 0.4) is 0 Å². The standard InChI is InChI=1S/C21H26F3N3O/c1-20(2,3)16-10-15(13-27-8-6-25-7-9-27)19(28)17(11-16)14-4-5-18(26-12-14)21(22,23)24/h4-5,10-12,25,28H,6-9,13H2,1-3H3. The van der Waals surface area contributed by atoms with Crippen LogP contribution in [-0.2, 0) is 18.1 Å². The van der Waals surface area contributed by atoms with Crippen molar-refractivity contribution in [1.82, 2.24) is 15.2 Å². The third kappa shape index (κ3) is 4.64. The summed E-state index contributed by atoms with van der Waals surface area (Å²) in [5.74, 6) is 0.105. The zero-order valence-corrected chi connectivity index (χ0v) is 16.4. The van der Waals surface area contributed by atoms with Crippen LogP contribution in [0, 0.1) is 0 Å². The van der Waals surface area contributed by atoms with Gasteiger partial charge in [-0.25, -0.2) is 0 Å². The summed E-state index contributed by atoms with van der Waals surface area (Å²) in [6.45, 7) is 10.4. The van der Waals surface area contributed by atoms with Gasteiger partial charge in [-0.2, -0.15) is 13.2 Å². The van der Waals surface area contributed by atoms with Crippen LogP contribution in [0.4, 0.5) is 13.2 Å². The molecule has 0 saturated carbocycles. The number of piperazine rings is 1. The van der Waals surface area contributed by atoms with E-state index in [1.165, 1.54) is 12.3 Å². The van der Waals surface area contributed by atoms with E-state index in [0.717, 1.165) is 43.4 Å². The molecular weight excluding hydrogens is 367 g/mol. The molecule has 2 heterocycles. The minimum atomic E-state index is -4.48. The van der Waals surface area contributed by atoms with Gasteiger partial charge in [0, 0.05) is 55.6 Å².